The average Bonchev–Trinajstić information content (AvgIpc) is 3.28. The first-order chi connectivity index (χ1) is 13.0. The molecule has 144 valence electrons. The first-order valence-corrected chi connectivity index (χ1v) is 10.1. The Kier molecular flexibility index (Phi) is 6.11. The lowest BCUT2D eigenvalue weighted by Gasteiger charge is -2.28. The van der Waals surface area contributed by atoms with Gasteiger partial charge in [0.1, 0.15) is 12.0 Å². The van der Waals surface area contributed by atoms with Gasteiger partial charge < -0.3 is 14.1 Å². The fourth-order valence-electron chi connectivity index (χ4n) is 3.18. The van der Waals surface area contributed by atoms with Gasteiger partial charge in [0.2, 0.25) is 5.89 Å². The molecule has 3 aromatic rings. The molecule has 6 nitrogen and oxygen atoms in total. The Labute approximate surface area is 163 Å². The van der Waals surface area contributed by atoms with E-state index in [9.17, 15) is 4.79 Å². The van der Waals surface area contributed by atoms with E-state index in [1.165, 1.54) is 6.26 Å². The minimum atomic E-state index is -0.0967. The van der Waals surface area contributed by atoms with E-state index in [2.05, 4.69) is 23.8 Å². The minimum Gasteiger partial charge on any atom is -0.484 e. The summed E-state index contributed by atoms with van der Waals surface area (Å²) < 4.78 is 12.3. The molecule has 3 rings (SSSR count). The van der Waals surface area contributed by atoms with E-state index >= 15 is 0 Å². The maximum absolute atomic E-state index is 12.7. The van der Waals surface area contributed by atoms with Crippen LogP contribution in [0.2, 0.25) is 0 Å². The second-order valence-corrected chi connectivity index (χ2v) is 7.57. The maximum Gasteiger partial charge on any atom is 0.276 e. The van der Waals surface area contributed by atoms with Crippen LogP contribution in [0, 0.1) is 6.92 Å². The normalized spacial score (nSPS) is 11.3. The third-order valence-corrected chi connectivity index (χ3v) is 5.54. The fourth-order valence-corrected chi connectivity index (χ4v) is 3.98. The van der Waals surface area contributed by atoms with E-state index < -0.39 is 0 Å². The van der Waals surface area contributed by atoms with E-state index in [1.807, 2.05) is 36.9 Å². The lowest BCUT2D eigenvalue weighted by Crippen LogP contribution is -2.39. The monoisotopic (exact) mass is 387 g/mol. The zero-order chi connectivity index (χ0) is 19.4. The molecular formula is C20H25N3O3S. The number of fused-ring (bicyclic) bond motifs is 1. The van der Waals surface area contributed by atoms with Crippen LogP contribution >= 0.6 is 11.3 Å². The van der Waals surface area contributed by atoms with E-state index in [4.69, 9.17) is 9.15 Å². The number of oxazole rings is 1. The second kappa shape index (κ2) is 8.52. The number of aryl methyl sites for hydroxylation is 1. The number of rotatable bonds is 8. The predicted octanol–water partition coefficient (Wildman–Crippen LogP) is 4.82. The number of ether oxygens (including phenoxy) is 1. The molecule has 7 heteroatoms. The molecule has 0 atom stereocenters. The topological polar surface area (TPSA) is 68.5 Å². The Morgan fingerprint density at radius 2 is 2.04 bits per heavy atom. The van der Waals surface area contributed by atoms with Gasteiger partial charge in [-0.2, -0.15) is 0 Å². The number of thiazole rings is 1. The molecule has 0 unspecified atom stereocenters. The third-order valence-electron chi connectivity index (χ3n) is 4.58. The highest BCUT2D eigenvalue weighted by Gasteiger charge is 2.23. The number of nitrogens with zero attached hydrogens (tertiary/aromatic N) is 3. The van der Waals surface area contributed by atoms with Crippen molar-refractivity contribution in [1.82, 2.24) is 14.9 Å². The van der Waals surface area contributed by atoms with Gasteiger partial charge in [-0.05, 0) is 38.8 Å². The van der Waals surface area contributed by atoms with Crippen LogP contribution in [-0.4, -0.2) is 33.4 Å². The zero-order valence-corrected chi connectivity index (χ0v) is 17.0. The van der Waals surface area contributed by atoms with E-state index in [0.717, 1.165) is 28.1 Å². The van der Waals surface area contributed by atoms with Crippen molar-refractivity contribution in [1.29, 1.82) is 0 Å². The maximum atomic E-state index is 12.7. The van der Waals surface area contributed by atoms with Crippen molar-refractivity contribution in [2.24, 2.45) is 0 Å². The van der Waals surface area contributed by atoms with Crippen LogP contribution in [0.15, 0.2) is 28.9 Å². The summed E-state index contributed by atoms with van der Waals surface area (Å²) in [7, 11) is 0. The standard InChI is InChI=1S/C20H25N3O3S/c1-5-14(6-2)23(7-3)20(24)17-11-26-19(22-17)12-25-15-8-9-18-16(10-15)21-13(4)27-18/h8-11,14H,5-7,12H2,1-4H3. The molecule has 2 aromatic heterocycles. The van der Waals surface area contributed by atoms with Crippen LogP contribution in [0.3, 0.4) is 0 Å². The van der Waals surface area contributed by atoms with Gasteiger partial charge in [0.05, 0.1) is 15.2 Å². The van der Waals surface area contributed by atoms with E-state index in [0.29, 0.717) is 23.9 Å². The minimum absolute atomic E-state index is 0.0967. The van der Waals surface area contributed by atoms with Crippen LogP contribution in [0.5, 0.6) is 5.75 Å². The van der Waals surface area contributed by atoms with Crippen molar-refractivity contribution in [2.75, 3.05) is 6.54 Å². The summed E-state index contributed by atoms with van der Waals surface area (Å²) >= 11 is 1.65. The molecule has 27 heavy (non-hydrogen) atoms. The highest BCUT2D eigenvalue weighted by Crippen LogP contribution is 2.26. The van der Waals surface area contributed by atoms with Gasteiger partial charge in [-0.3, -0.25) is 4.79 Å². The predicted molar refractivity (Wildman–Crippen MR) is 106 cm³/mol. The number of carbonyl (C=O) groups is 1. The van der Waals surface area contributed by atoms with Gasteiger partial charge in [-0.1, -0.05) is 13.8 Å². The number of hydrogen-bond acceptors (Lipinski definition) is 6. The van der Waals surface area contributed by atoms with E-state index in [1.54, 1.807) is 11.3 Å². The number of hydrogen-bond donors (Lipinski definition) is 0. The van der Waals surface area contributed by atoms with Gasteiger partial charge in [0, 0.05) is 18.7 Å². The zero-order valence-electron chi connectivity index (χ0n) is 16.2. The highest BCUT2D eigenvalue weighted by atomic mass is 32.1. The second-order valence-electron chi connectivity index (χ2n) is 6.34. The van der Waals surface area contributed by atoms with Crippen molar-refractivity contribution in [2.45, 2.75) is 53.2 Å². The summed E-state index contributed by atoms with van der Waals surface area (Å²) in [4.78, 5) is 23.4. The van der Waals surface area contributed by atoms with Crippen LogP contribution < -0.4 is 4.74 Å². The van der Waals surface area contributed by atoms with Crippen molar-refractivity contribution in [3.63, 3.8) is 0 Å². The summed E-state index contributed by atoms with van der Waals surface area (Å²) in [6.45, 7) is 8.96. The van der Waals surface area contributed by atoms with Crippen molar-refractivity contribution in [3.05, 3.63) is 41.1 Å². The Hall–Kier alpha value is -2.41. The van der Waals surface area contributed by atoms with Crippen molar-refractivity contribution < 1.29 is 13.9 Å². The molecule has 0 aliphatic heterocycles. The first kappa shape index (κ1) is 19.4. The molecule has 0 N–H and O–H groups in total. The fraction of sp³-hybridized carbons (Fsp3) is 0.450. The number of aromatic nitrogens is 2. The molecule has 2 heterocycles. The Morgan fingerprint density at radius 3 is 2.74 bits per heavy atom. The summed E-state index contributed by atoms with van der Waals surface area (Å²) in [6, 6.07) is 6.02. The Bertz CT molecular complexity index is 914. The number of amides is 1. The summed E-state index contributed by atoms with van der Waals surface area (Å²) in [6.07, 6.45) is 3.25. The SMILES string of the molecule is CCC(CC)N(CC)C(=O)c1coc(COc2ccc3sc(C)nc3c2)n1. The number of carbonyl (C=O) groups excluding carboxylic acids is 1. The lowest BCUT2D eigenvalue weighted by molar-refractivity contribution is 0.0674. The van der Waals surface area contributed by atoms with Gasteiger partial charge in [-0.15, -0.1) is 11.3 Å². The molecule has 1 aromatic carbocycles. The van der Waals surface area contributed by atoms with Crippen LogP contribution in [0.4, 0.5) is 0 Å². The van der Waals surface area contributed by atoms with Crippen LogP contribution in [0.25, 0.3) is 10.2 Å². The molecule has 0 aliphatic rings. The Morgan fingerprint density at radius 1 is 1.26 bits per heavy atom. The van der Waals surface area contributed by atoms with Gasteiger partial charge in [-0.25, -0.2) is 9.97 Å². The molecule has 0 bridgehead atoms. The molecule has 0 aliphatic carbocycles. The van der Waals surface area contributed by atoms with Gasteiger partial charge >= 0.3 is 0 Å². The largest absolute Gasteiger partial charge is 0.484 e. The van der Waals surface area contributed by atoms with Crippen molar-refractivity contribution in [3.8, 4) is 5.75 Å². The Balaban J connectivity index is 1.66. The first-order valence-electron chi connectivity index (χ1n) is 9.31. The van der Waals surface area contributed by atoms with Crippen LogP contribution in [-0.2, 0) is 6.61 Å². The van der Waals surface area contributed by atoms with Crippen LogP contribution in [0.1, 0.15) is 55.0 Å². The summed E-state index contributed by atoms with van der Waals surface area (Å²) in [5.74, 6) is 0.986. The molecule has 0 spiro atoms. The third kappa shape index (κ3) is 4.30. The molecule has 0 saturated heterocycles. The smallest absolute Gasteiger partial charge is 0.276 e. The van der Waals surface area contributed by atoms with E-state index in [-0.39, 0.29) is 18.6 Å². The van der Waals surface area contributed by atoms with Crippen molar-refractivity contribution >= 4 is 27.5 Å². The molecule has 0 fully saturated rings. The lowest BCUT2D eigenvalue weighted by atomic mass is 10.1. The molecule has 0 radical (unpaired) electrons. The quantitative estimate of drug-likeness (QED) is 0.554. The van der Waals surface area contributed by atoms with Gasteiger partial charge in [0.25, 0.3) is 5.91 Å². The molecule has 0 saturated carbocycles. The molecular weight excluding hydrogens is 362 g/mol. The average molecular weight is 388 g/mol. The molecule has 1 amide bonds. The highest BCUT2D eigenvalue weighted by molar-refractivity contribution is 7.18. The van der Waals surface area contributed by atoms with Gasteiger partial charge in [0.15, 0.2) is 12.3 Å². The summed E-state index contributed by atoms with van der Waals surface area (Å²) in [5.41, 5.74) is 1.25. The summed E-state index contributed by atoms with van der Waals surface area (Å²) in [5, 5.41) is 1.02. The number of benzene rings is 1.